The number of hydrogen-bond donors (Lipinski definition) is 3. The van der Waals surface area contributed by atoms with Crippen LogP contribution in [0.3, 0.4) is 0 Å². The van der Waals surface area contributed by atoms with Gasteiger partial charge in [-0.1, -0.05) is 97.6 Å². The number of nitrogens with one attached hydrogen (secondary N) is 2. The van der Waals surface area contributed by atoms with Crippen LogP contribution in [0.1, 0.15) is 53.9 Å². The minimum Gasteiger partial charge on any atom is -0.445 e. The van der Waals surface area contributed by atoms with Gasteiger partial charge in [-0.05, 0) is 58.9 Å². The van der Waals surface area contributed by atoms with Gasteiger partial charge in [-0.3, -0.25) is 4.79 Å². The molecule has 10 heteroatoms. The Morgan fingerprint density at radius 2 is 1.67 bits per heavy atom. The quantitative estimate of drug-likeness (QED) is 0.158. The van der Waals surface area contributed by atoms with Gasteiger partial charge >= 0.3 is 6.09 Å². The van der Waals surface area contributed by atoms with Crippen LogP contribution >= 0.6 is 0 Å². The number of para-hydroxylation sites is 1. The van der Waals surface area contributed by atoms with Crippen LogP contribution in [0.4, 0.5) is 10.5 Å². The first-order chi connectivity index (χ1) is 25.4. The molecule has 0 aliphatic carbocycles. The lowest BCUT2D eigenvalue weighted by atomic mass is 9.85. The average Bonchev–Trinajstić information content (AvgIpc) is 3.51. The molecule has 7 rings (SSSR count). The number of hydrogen-bond acceptors (Lipinski definition) is 8. The molecule has 1 spiro atoms. The van der Waals surface area contributed by atoms with Crippen molar-refractivity contribution in [3.8, 4) is 11.1 Å². The van der Waals surface area contributed by atoms with E-state index in [0.717, 1.165) is 71.5 Å². The lowest BCUT2D eigenvalue weighted by Gasteiger charge is -2.45. The molecule has 0 aromatic heterocycles. The normalized spacial score (nSPS) is 21.4. The van der Waals surface area contributed by atoms with E-state index >= 15 is 0 Å². The molecule has 10 nitrogen and oxygen atoms in total. The molecule has 3 saturated heterocycles. The molecule has 3 N–H and O–H groups in total. The number of carbonyl (C=O) groups is 2. The van der Waals surface area contributed by atoms with Gasteiger partial charge in [-0.15, -0.1) is 0 Å². The Hall–Kier alpha value is -5.00. The summed E-state index contributed by atoms with van der Waals surface area (Å²) in [5.74, 6) is 0.112. The molecule has 52 heavy (non-hydrogen) atoms. The van der Waals surface area contributed by atoms with Crippen LogP contribution in [0.25, 0.3) is 11.1 Å². The Bertz CT molecular complexity index is 1830. The Morgan fingerprint density at radius 1 is 0.923 bits per heavy atom. The lowest BCUT2D eigenvalue weighted by molar-refractivity contribution is -0.253. The predicted molar refractivity (Wildman–Crippen MR) is 199 cm³/mol. The van der Waals surface area contributed by atoms with Crippen molar-refractivity contribution in [2.75, 3.05) is 37.8 Å². The molecule has 0 saturated carbocycles. The van der Waals surface area contributed by atoms with Gasteiger partial charge in [0, 0.05) is 43.9 Å². The smallest absolute Gasteiger partial charge is 0.407 e. The number of carbonyl (C=O) groups excluding carboxylic acids is 2. The second-order valence-corrected chi connectivity index (χ2v) is 13.7. The molecule has 3 heterocycles. The number of nitrogens with zero attached hydrogens (tertiary/aromatic N) is 2. The highest BCUT2D eigenvalue weighted by Gasteiger charge is 2.50. The van der Waals surface area contributed by atoms with Gasteiger partial charge < -0.3 is 39.8 Å². The second kappa shape index (κ2) is 16.1. The van der Waals surface area contributed by atoms with Crippen molar-refractivity contribution in [1.82, 2.24) is 15.5 Å². The molecule has 4 aromatic rings. The highest BCUT2D eigenvalue weighted by atomic mass is 16.7. The van der Waals surface area contributed by atoms with E-state index in [4.69, 9.17) is 14.2 Å². The number of amides is 2. The molecular formula is C42H46N4O6. The van der Waals surface area contributed by atoms with Crippen molar-refractivity contribution >= 4 is 17.7 Å². The van der Waals surface area contributed by atoms with Crippen molar-refractivity contribution in [1.29, 1.82) is 0 Å². The van der Waals surface area contributed by atoms with Crippen LogP contribution < -0.4 is 15.5 Å². The third kappa shape index (κ3) is 7.90. The number of aliphatic hydroxyl groups excluding tert-OH is 1. The third-order valence-electron chi connectivity index (χ3n) is 10.4. The first kappa shape index (κ1) is 35.4. The largest absolute Gasteiger partial charge is 0.445 e. The van der Waals surface area contributed by atoms with E-state index < -0.39 is 17.9 Å². The van der Waals surface area contributed by atoms with E-state index in [2.05, 4.69) is 57.3 Å². The fraction of sp³-hybridized carbons (Fsp3) is 0.333. The maximum absolute atomic E-state index is 13.2. The van der Waals surface area contributed by atoms with Crippen molar-refractivity contribution in [2.45, 2.75) is 56.5 Å². The molecule has 3 fully saturated rings. The number of alkyl carbamates (subject to hydrolysis) is 1. The average molecular weight is 703 g/mol. The summed E-state index contributed by atoms with van der Waals surface area (Å²) < 4.78 is 18.3. The molecule has 0 unspecified atom stereocenters. The molecule has 4 aromatic carbocycles. The molecular weight excluding hydrogens is 656 g/mol. The zero-order valence-electron chi connectivity index (χ0n) is 29.3. The summed E-state index contributed by atoms with van der Waals surface area (Å²) in [6, 6.07) is 34.4. The van der Waals surface area contributed by atoms with E-state index in [1.165, 1.54) is 6.08 Å². The maximum atomic E-state index is 13.2. The van der Waals surface area contributed by atoms with Crippen molar-refractivity contribution < 1.29 is 28.9 Å². The minimum atomic E-state index is -0.572. The Balaban J connectivity index is 1.04. The summed E-state index contributed by atoms with van der Waals surface area (Å²) in [5, 5.41) is 15.5. The number of aliphatic hydroxyl groups is 1. The Kier molecular flexibility index (Phi) is 11.0. The van der Waals surface area contributed by atoms with Crippen molar-refractivity contribution in [3.63, 3.8) is 0 Å². The van der Waals surface area contributed by atoms with Crippen molar-refractivity contribution in [2.24, 2.45) is 0 Å². The first-order valence-corrected chi connectivity index (χ1v) is 18.0. The monoisotopic (exact) mass is 702 g/mol. The fourth-order valence-electron chi connectivity index (χ4n) is 7.51. The SMILES string of the molecule is C=CCOC(=O)NCc1cccc(-c2ccc([C@@H]3O[C@H](CN4CCC5(CC4)C(=O)NCN5c4ccccc4)C[C@H](c4ccc(CO)cc4)O3)cc2)c1. The van der Waals surface area contributed by atoms with Gasteiger partial charge in [-0.25, -0.2) is 4.79 Å². The fourth-order valence-corrected chi connectivity index (χ4v) is 7.51. The number of likely N-dealkylation sites (tertiary alicyclic amines) is 1. The van der Waals surface area contributed by atoms with E-state index in [1.807, 2.05) is 72.8 Å². The van der Waals surface area contributed by atoms with Crippen LogP contribution in [0, 0.1) is 0 Å². The Labute approximate surface area is 305 Å². The maximum Gasteiger partial charge on any atom is 0.407 e. The van der Waals surface area contributed by atoms with Gasteiger partial charge in [0.05, 0.1) is 25.5 Å². The summed E-state index contributed by atoms with van der Waals surface area (Å²) in [6.07, 6.45) is 2.36. The van der Waals surface area contributed by atoms with Gasteiger partial charge in [0.1, 0.15) is 12.1 Å². The number of benzene rings is 4. The molecule has 3 aliphatic rings. The second-order valence-electron chi connectivity index (χ2n) is 13.7. The molecule has 3 atom stereocenters. The molecule has 0 bridgehead atoms. The predicted octanol–water partition coefficient (Wildman–Crippen LogP) is 6.23. The summed E-state index contributed by atoms with van der Waals surface area (Å²) in [7, 11) is 0. The minimum absolute atomic E-state index is 0.00954. The van der Waals surface area contributed by atoms with Gasteiger partial charge in [0.2, 0.25) is 5.91 Å². The zero-order valence-corrected chi connectivity index (χ0v) is 29.3. The van der Waals surface area contributed by atoms with Crippen LogP contribution in [0.2, 0.25) is 0 Å². The summed E-state index contributed by atoms with van der Waals surface area (Å²) in [4.78, 5) is 29.8. The van der Waals surface area contributed by atoms with E-state index in [9.17, 15) is 14.7 Å². The number of rotatable bonds is 11. The summed E-state index contributed by atoms with van der Waals surface area (Å²) >= 11 is 0. The van der Waals surface area contributed by atoms with Crippen LogP contribution in [-0.2, 0) is 32.2 Å². The van der Waals surface area contributed by atoms with Crippen LogP contribution in [0.5, 0.6) is 0 Å². The van der Waals surface area contributed by atoms with Crippen LogP contribution in [0.15, 0.2) is 116 Å². The summed E-state index contributed by atoms with van der Waals surface area (Å²) in [6.45, 7) is 6.90. The molecule has 2 amide bonds. The highest BCUT2D eigenvalue weighted by Crippen LogP contribution is 2.40. The molecule has 3 aliphatic heterocycles. The van der Waals surface area contributed by atoms with Gasteiger partial charge in [-0.2, -0.15) is 0 Å². The van der Waals surface area contributed by atoms with Crippen molar-refractivity contribution in [3.05, 3.63) is 138 Å². The topological polar surface area (TPSA) is 113 Å². The Morgan fingerprint density at radius 3 is 2.40 bits per heavy atom. The molecule has 270 valence electrons. The zero-order chi connectivity index (χ0) is 35.9. The van der Waals surface area contributed by atoms with E-state index in [1.54, 1.807) is 0 Å². The number of piperidine rings is 1. The lowest BCUT2D eigenvalue weighted by Crippen LogP contribution is -2.57. The first-order valence-electron chi connectivity index (χ1n) is 18.0. The summed E-state index contributed by atoms with van der Waals surface area (Å²) in [5.41, 5.74) is 6.37. The number of anilines is 1. The van der Waals surface area contributed by atoms with Gasteiger partial charge in [0.25, 0.3) is 0 Å². The van der Waals surface area contributed by atoms with E-state index in [-0.39, 0.29) is 31.3 Å². The third-order valence-corrected chi connectivity index (χ3v) is 10.4. The molecule has 0 radical (unpaired) electrons. The number of ether oxygens (including phenoxy) is 3. The van der Waals surface area contributed by atoms with E-state index in [0.29, 0.717) is 19.6 Å². The van der Waals surface area contributed by atoms with Gasteiger partial charge in [0.15, 0.2) is 6.29 Å². The van der Waals surface area contributed by atoms with Crippen LogP contribution in [-0.4, -0.2) is 66.6 Å². The highest BCUT2D eigenvalue weighted by molar-refractivity contribution is 5.93. The standard InChI is InChI=1S/C42H46N4O6/c1-2-23-50-41(49)43-26-31-7-6-8-35(24-31)32-15-17-34(18-16-32)39-51-37(25-38(52-39)33-13-11-30(28-47)12-14-33)27-45-21-19-42(20-22-45)40(48)44-29-46(42)36-9-4-3-5-10-36/h2-18,24,37-39,47H,1,19-23,25-29H2,(H,43,49)(H,44,48)/t37-,38+,39+/m0/s1.